The summed E-state index contributed by atoms with van der Waals surface area (Å²) in [5.74, 6) is 0.326. The van der Waals surface area contributed by atoms with E-state index in [0.29, 0.717) is 18.5 Å². The molecule has 2 aromatic carbocycles. The van der Waals surface area contributed by atoms with E-state index in [0.717, 1.165) is 19.3 Å². The Bertz CT molecular complexity index is 979. The molecule has 7 nitrogen and oxygen atoms in total. The highest BCUT2D eigenvalue weighted by atomic mass is 32.2. The SMILES string of the molecule is C[C@@H](c1ccccc1)N1C[C@@H](NS(=O)(=O)c2ccc([N+](=O)[O-])cc2)[C@@H]2CC[C@H]1C2. The van der Waals surface area contributed by atoms with Crippen LogP contribution in [0.4, 0.5) is 5.69 Å². The van der Waals surface area contributed by atoms with Crippen molar-refractivity contribution in [3.63, 3.8) is 0 Å². The molecular formula is C21H25N3O4S. The standard InChI is InChI=1S/C21H25N3O4S/c1-15(16-5-3-2-4-6-16)23-14-21(17-7-8-19(23)13-17)22-29(27,28)20-11-9-18(10-12-20)24(25)26/h2-6,9-12,15,17,19,21-22H,7-8,13-14H2,1H3/t15-,17+,19-,21+/m0/s1. The maximum absolute atomic E-state index is 12.9. The summed E-state index contributed by atoms with van der Waals surface area (Å²) in [7, 11) is -3.74. The van der Waals surface area contributed by atoms with Crippen LogP contribution in [-0.2, 0) is 10.0 Å². The van der Waals surface area contributed by atoms with E-state index in [-0.39, 0.29) is 22.7 Å². The van der Waals surface area contributed by atoms with Gasteiger partial charge in [0.05, 0.1) is 9.82 Å². The number of likely N-dealkylation sites (tertiary alicyclic amines) is 1. The Balaban J connectivity index is 1.52. The Labute approximate surface area is 170 Å². The predicted octanol–water partition coefficient (Wildman–Crippen LogP) is 3.49. The van der Waals surface area contributed by atoms with Crippen molar-refractivity contribution in [2.45, 2.75) is 49.2 Å². The number of fused-ring (bicyclic) bond motifs is 2. The van der Waals surface area contributed by atoms with Gasteiger partial charge in [0, 0.05) is 36.8 Å². The van der Waals surface area contributed by atoms with Crippen molar-refractivity contribution in [1.29, 1.82) is 0 Å². The minimum absolute atomic E-state index is 0.0610. The Hall–Kier alpha value is -2.29. The number of rotatable bonds is 6. The maximum atomic E-state index is 12.9. The zero-order valence-electron chi connectivity index (χ0n) is 16.3. The summed E-state index contributed by atoms with van der Waals surface area (Å²) in [5, 5.41) is 10.8. The second-order valence-electron chi connectivity index (χ2n) is 7.99. The average Bonchev–Trinajstić information content (AvgIpc) is 3.15. The van der Waals surface area contributed by atoms with Crippen LogP contribution in [0.15, 0.2) is 59.5 Å². The molecule has 0 radical (unpaired) electrons. The Morgan fingerprint density at radius 3 is 2.45 bits per heavy atom. The molecule has 2 aromatic rings. The monoisotopic (exact) mass is 415 g/mol. The van der Waals surface area contributed by atoms with Crippen molar-refractivity contribution in [2.75, 3.05) is 6.54 Å². The van der Waals surface area contributed by atoms with E-state index >= 15 is 0 Å². The smallest absolute Gasteiger partial charge is 0.269 e. The van der Waals surface area contributed by atoms with E-state index in [9.17, 15) is 18.5 Å². The first-order valence-electron chi connectivity index (χ1n) is 9.92. The normalized spacial score (nSPS) is 25.6. The average molecular weight is 416 g/mol. The second kappa shape index (κ2) is 7.85. The van der Waals surface area contributed by atoms with Gasteiger partial charge >= 0.3 is 0 Å². The number of piperidine rings is 1. The molecule has 1 N–H and O–H groups in total. The van der Waals surface area contributed by atoms with Crippen LogP contribution in [0.25, 0.3) is 0 Å². The maximum Gasteiger partial charge on any atom is 0.269 e. The summed E-state index contributed by atoms with van der Waals surface area (Å²) in [4.78, 5) is 12.8. The van der Waals surface area contributed by atoms with Gasteiger partial charge in [-0.15, -0.1) is 0 Å². The fourth-order valence-corrected chi connectivity index (χ4v) is 6.02. The molecule has 0 amide bonds. The fraction of sp³-hybridized carbons (Fsp3) is 0.429. The minimum atomic E-state index is -3.74. The number of hydrogen-bond acceptors (Lipinski definition) is 5. The molecule has 8 heteroatoms. The first-order chi connectivity index (χ1) is 13.8. The van der Waals surface area contributed by atoms with Crippen molar-refractivity contribution in [3.8, 4) is 0 Å². The Kier molecular flexibility index (Phi) is 5.42. The van der Waals surface area contributed by atoms with Gasteiger partial charge in [0.15, 0.2) is 0 Å². The van der Waals surface area contributed by atoms with E-state index in [1.165, 1.54) is 29.8 Å². The zero-order chi connectivity index (χ0) is 20.6. The van der Waals surface area contributed by atoms with Crippen LogP contribution >= 0.6 is 0 Å². The molecule has 2 bridgehead atoms. The van der Waals surface area contributed by atoms with Crippen LogP contribution in [0.3, 0.4) is 0 Å². The number of nitro groups is 1. The van der Waals surface area contributed by atoms with Gasteiger partial charge in [-0.05, 0) is 49.8 Å². The van der Waals surface area contributed by atoms with Gasteiger partial charge in [0.1, 0.15) is 0 Å². The van der Waals surface area contributed by atoms with E-state index in [2.05, 4.69) is 28.7 Å². The highest BCUT2D eigenvalue weighted by molar-refractivity contribution is 7.89. The molecule has 1 saturated carbocycles. The van der Waals surface area contributed by atoms with Gasteiger partial charge in [-0.2, -0.15) is 0 Å². The summed E-state index contributed by atoms with van der Waals surface area (Å²) < 4.78 is 28.7. The summed E-state index contributed by atoms with van der Waals surface area (Å²) in [5.41, 5.74) is 1.11. The van der Waals surface area contributed by atoms with Crippen LogP contribution in [0.5, 0.6) is 0 Å². The summed E-state index contributed by atoms with van der Waals surface area (Å²) in [6.45, 7) is 2.84. The van der Waals surface area contributed by atoms with Crippen LogP contribution in [0.2, 0.25) is 0 Å². The van der Waals surface area contributed by atoms with Crippen molar-refractivity contribution in [2.24, 2.45) is 5.92 Å². The molecule has 1 saturated heterocycles. The van der Waals surface area contributed by atoms with Gasteiger partial charge in [0.2, 0.25) is 10.0 Å². The van der Waals surface area contributed by atoms with E-state index in [4.69, 9.17) is 0 Å². The molecule has 1 aliphatic heterocycles. The number of sulfonamides is 1. The van der Waals surface area contributed by atoms with Crippen molar-refractivity contribution >= 4 is 15.7 Å². The van der Waals surface area contributed by atoms with Crippen LogP contribution in [0, 0.1) is 16.0 Å². The number of benzene rings is 2. The lowest BCUT2D eigenvalue weighted by molar-refractivity contribution is -0.384. The number of nitrogens with zero attached hydrogens (tertiary/aromatic N) is 2. The van der Waals surface area contributed by atoms with Crippen molar-refractivity contribution in [3.05, 3.63) is 70.3 Å². The first-order valence-corrected chi connectivity index (χ1v) is 11.4. The molecule has 0 spiro atoms. The largest absolute Gasteiger partial charge is 0.292 e. The van der Waals surface area contributed by atoms with E-state index < -0.39 is 14.9 Å². The molecular weight excluding hydrogens is 390 g/mol. The topological polar surface area (TPSA) is 92.6 Å². The zero-order valence-corrected chi connectivity index (χ0v) is 17.1. The van der Waals surface area contributed by atoms with Crippen molar-refractivity contribution < 1.29 is 13.3 Å². The lowest BCUT2D eigenvalue weighted by atomic mass is 9.92. The molecule has 1 heterocycles. The van der Waals surface area contributed by atoms with Crippen molar-refractivity contribution in [1.82, 2.24) is 9.62 Å². The molecule has 2 aliphatic rings. The first kappa shape index (κ1) is 20.0. The van der Waals surface area contributed by atoms with Gasteiger partial charge in [-0.25, -0.2) is 13.1 Å². The van der Waals surface area contributed by atoms with Crippen LogP contribution in [-0.4, -0.2) is 36.9 Å². The molecule has 154 valence electrons. The predicted molar refractivity (Wildman–Crippen MR) is 110 cm³/mol. The Morgan fingerprint density at radius 2 is 1.79 bits per heavy atom. The second-order valence-corrected chi connectivity index (χ2v) is 9.70. The fourth-order valence-electron chi connectivity index (χ4n) is 4.73. The number of non-ortho nitro benzene ring substituents is 1. The number of nitrogens with one attached hydrogen (secondary N) is 1. The lowest BCUT2D eigenvalue weighted by Gasteiger charge is -2.42. The highest BCUT2D eigenvalue weighted by Gasteiger charge is 2.43. The summed E-state index contributed by atoms with van der Waals surface area (Å²) in [6, 6.07) is 15.9. The minimum Gasteiger partial charge on any atom is -0.292 e. The van der Waals surface area contributed by atoms with Crippen LogP contribution < -0.4 is 4.72 Å². The quantitative estimate of drug-likeness (QED) is 0.576. The third-order valence-electron chi connectivity index (χ3n) is 6.33. The van der Waals surface area contributed by atoms with Gasteiger partial charge < -0.3 is 0 Å². The van der Waals surface area contributed by atoms with Gasteiger partial charge in [-0.1, -0.05) is 30.3 Å². The van der Waals surface area contributed by atoms with E-state index in [1.807, 2.05) is 18.2 Å². The molecule has 0 aromatic heterocycles. The molecule has 4 atom stereocenters. The molecule has 1 aliphatic carbocycles. The Morgan fingerprint density at radius 1 is 1.10 bits per heavy atom. The number of hydrogen-bond donors (Lipinski definition) is 1. The molecule has 4 rings (SSSR count). The molecule has 2 fully saturated rings. The van der Waals surface area contributed by atoms with Crippen LogP contribution in [0.1, 0.15) is 37.8 Å². The van der Waals surface area contributed by atoms with Gasteiger partial charge in [-0.3, -0.25) is 15.0 Å². The highest BCUT2D eigenvalue weighted by Crippen LogP contribution is 2.41. The van der Waals surface area contributed by atoms with E-state index in [1.54, 1.807) is 0 Å². The summed E-state index contributed by atoms with van der Waals surface area (Å²) >= 11 is 0. The third kappa shape index (κ3) is 4.05. The van der Waals surface area contributed by atoms with Gasteiger partial charge in [0.25, 0.3) is 5.69 Å². The third-order valence-corrected chi connectivity index (χ3v) is 7.84. The summed E-state index contributed by atoms with van der Waals surface area (Å²) in [6.07, 6.45) is 3.08. The number of nitro benzene ring substituents is 1. The lowest BCUT2D eigenvalue weighted by Crippen LogP contribution is -2.53. The molecule has 0 unspecified atom stereocenters. The molecule has 29 heavy (non-hydrogen) atoms.